The molecule has 0 radical (unpaired) electrons. The molecule has 18 heavy (non-hydrogen) atoms. The zero-order chi connectivity index (χ0) is 12.5. The van der Waals surface area contributed by atoms with Crippen LogP contribution in [0.5, 0.6) is 11.8 Å². The molecule has 0 aliphatic heterocycles. The van der Waals surface area contributed by atoms with Crippen molar-refractivity contribution in [1.82, 2.24) is 20.2 Å². The van der Waals surface area contributed by atoms with Crippen LogP contribution < -0.4 is 10.5 Å². The molecule has 1 heterocycles. The number of hydrogen-bond acceptors (Lipinski definition) is 5. The van der Waals surface area contributed by atoms with Crippen LogP contribution >= 0.6 is 0 Å². The quantitative estimate of drug-likeness (QED) is 0.691. The summed E-state index contributed by atoms with van der Waals surface area (Å²) in [6.07, 6.45) is 0. The number of ether oxygens (including phenoxy) is 1. The van der Waals surface area contributed by atoms with E-state index in [1.165, 1.54) is 4.68 Å². The second-order valence-electron chi connectivity index (χ2n) is 3.89. The molecule has 0 amide bonds. The molecule has 0 saturated heterocycles. The highest BCUT2D eigenvalue weighted by Gasteiger charge is 2.09. The van der Waals surface area contributed by atoms with Crippen LogP contribution in [0.1, 0.15) is 0 Å². The molecule has 6 nitrogen and oxygen atoms in total. The van der Waals surface area contributed by atoms with Crippen molar-refractivity contribution in [2.24, 2.45) is 7.05 Å². The van der Waals surface area contributed by atoms with Crippen molar-refractivity contribution in [1.29, 1.82) is 0 Å². The molecule has 0 spiro atoms. The van der Waals surface area contributed by atoms with Gasteiger partial charge in [0.25, 0.3) is 0 Å². The van der Waals surface area contributed by atoms with E-state index in [0.717, 1.165) is 10.8 Å². The van der Waals surface area contributed by atoms with Gasteiger partial charge in [-0.05, 0) is 22.6 Å². The number of aromatic nitrogens is 4. The molecular weight excluding hydrogens is 230 g/mol. The van der Waals surface area contributed by atoms with Crippen molar-refractivity contribution in [2.75, 3.05) is 5.73 Å². The maximum absolute atomic E-state index is 5.93. The van der Waals surface area contributed by atoms with Crippen molar-refractivity contribution in [2.45, 2.75) is 0 Å². The van der Waals surface area contributed by atoms with Gasteiger partial charge in [0, 0.05) is 23.5 Å². The Morgan fingerprint density at radius 2 is 1.89 bits per heavy atom. The van der Waals surface area contributed by atoms with Gasteiger partial charge in [-0.1, -0.05) is 29.4 Å². The van der Waals surface area contributed by atoms with Crippen LogP contribution in [0, 0.1) is 0 Å². The van der Waals surface area contributed by atoms with Crippen LogP contribution in [0.4, 0.5) is 5.69 Å². The Bertz CT molecular complexity index is 707. The highest BCUT2D eigenvalue weighted by Crippen LogP contribution is 2.31. The fourth-order valence-electron chi connectivity index (χ4n) is 1.79. The summed E-state index contributed by atoms with van der Waals surface area (Å²) in [6.45, 7) is 0. The second kappa shape index (κ2) is 3.99. The Morgan fingerprint density at radius 3 is 2.61 bits per heavy atom. The van der Waals surface area contributed by atoms with E-state index in [-0.39, 0.29) is 0 Å². The van der Waals surface area contributed by atoms with E-state index in [9.17, 15) is 0 Å². The number of nitrogen functional groups attached to an aromatic ring is 1. The molecule has 0 saturated carbocycles. The van der Waals surface area contributed by atoms with Crippen molar-refractivity contribution >= 4 is 16.5 Å². The molecule has 0 fully saturated rings. The topological polar surface area (TPSA) is 78.8 Å². The van der Waals surface area contributed by atoms with Gasteiger partial charge < -0.3 is 10.5 Å². The monoisotopic (exact) mass is 241 g/mol. The summed E-state index contributed by atoms with van der Waals surface area (Å²) < 4.78 is 7.15. The van der Waals surface area contributed by atoms with Crippen LogP contribution in [0.25, 0.3) is 10.8 Å². The number of hydrogen-bond donors (Lipinski definition) is 1. The highest BCUT2D eigenvalue weighted by atomic mass is 16.5. The van der Waals surface area contributed by atoms with E-state index < -0.39 is 0 Å². The SMILES string of the molecule is Cn1nnnc1Oc1ccc(N)c2ccccc12. The molecule has 0 atom stereocenters. The summed E-state index contributed by atoms with van der Waals surface area (Å²) in [4.78, 5) is 0. The Kier molecular flexibility index (Phi) is 2.33. The third-order valence-electron chi connectivity index (χ3n) is 2.70. The summed E-state index contributed by atoms with van der Waals surface area (Å²) >= 11 is 0. The number of rotatable bonds is 2. The van der Waals surface area contributed by atoms with Crippen LogP contribution in [-0.4, -0.2) is 20.2 Å². The Hall–Kier alpha value is -2.63. The standard InChI is InChI=1S/C12H11N5O/c1-17-12(14-15-16-17)18-11-7-6-10(13)8-4-2-3-5-9(8)11/h2-7H,13H2,1H3. The molecule has 2 aromatic carbocycles. The van der Waals surface area contributed by atoms with Gasteiger partial charge >= 0.3 is 6.01 Å². The zero-order valence-corrected chi connectivity index (χ0v) is 9.74. The highest BCUT2D eigenvalue weighted by molar-refractivity contribution is 5.97. The molecule has 3 aromatic rings. The minimum atomic E-state index is 0.338. The first-order valence-electron chi connectivity index (χ1n) is 5.43. The van der Waals surface area contributed by atoms with Gasteiger partial charge in [0.1, 0.15) is 5.75 Å². The molecule has 90 valence electrons. The van der Waals surface area contributed by atoms with Gasteiger partial charge in [-0.25, -0.2) is 0 Å². The normalized spacial score (nSPS) is 10.7. The molecular formula is C12H11N5O. The number of fused-ring (bicyclic) bond motifs is 1. The van der Waals surface area contributed by atoms with E-state index in [2.05, 4.69) is 15.5 Å². The molecule has 6 heteroatoms. The van der Waals surface area contributed by atoms with Gasteiger partial charge in [0.05, 0.1) is 0 Å². The Labute approximate surface area is 103 Å². The van der Waals surface area contributed by atoms with E-state index in [1.807, 2.05) is 36.4 Å². The van der Waals surface area contributed by atoms with Crippen LogP contribution in [0.3, 0.4) is 0 Å². The number of nitrogens with zero attached hydrogens (tertiary/aromatic N) is 4. The number of nitrogens with two attached hydrogens (primary N) is 1. The first-order valence-corrected chi connectivity index (χ1v) is 5.43. The maximum atomic E-state index is 5.93. The molecule has 2 N–H and O–H groups in total. The fourth-order valence-corrected chi connectivity index (χ4v) is 1.79. The smallest absolute Gasteiger partial charge is 0.340 e. The van der Waals surface area contributed by atoms with E-state index in [0.29, 0.717) is 17.4 Å². The third kappa shape index (κ3) is 1.64. The fraction of sp³-hybridized carbons (Fsp3) is 0.0833. The number of aryl methyl sites for hydroxylation is 1. The number of anilines is 1. The van der Waals surface area contributed by atoms with Gasteiger partial charge in [0.2, 0.25) is 0 Å². The number of tetrazole rings is 1. The lowest BCUT2D eigenvalue weighted by molar-refractivity contribution is 0.419. The Morgan fingerprint density at radius 1 is 1.11 bits per heavy atom. The summed E-state index contributed by atoms with van der Waals surface area (Å²) in [5.74, 6) is 0.678. The summed E-state index contributed by atoms with van der Waals surface area (Å²) in [5.41, 5.74) is 6.64. The minimum absolute atomic E-state index is 0.338. The predicted molar refractivity (Wildman–Crippen MR) is 67.2 cm³/mol. The molecule has 3 rings (SSSR count). The predicted octanol–water partition coefficient (Wildman–Crippen LogP) is 1.74. The van der Waals surface area contributed by atoms with E-state index >= 15 is 0 Å². The summed E-state index contributed by atoms with van der Waals surface area (Å²) in [5, 5.41) is 12.9. The van der Waals surface area contributed by atoms with Crippen molar-refractivity contribution in [3.8, 4) is 11.8 Å². The van der Waals surface area contributed by atoms with Crippen LogP contribution in [0.2, 0.25) is 0 Å². The number of benzene rings is 2. The molecule has 1 aromatic heterocycles. The maximum Gasteiger partial charge on any atom is 0.340 e. The molecule has 0 aliphatic rings. The molecule has 0 aliphatic carbocycles. The average Bonchev–Trinajstić information content (AvgIpc) is 2.79. The average molecular weight is 241 g/mol. The van der Waals surface area contributed by atoms with E-state index in [4.69, 9.17) is 10.5 Å². The summed E-state index contributed by atoms with van der Waals surface area (Å²) in [7, 11) is 1.72. The Balaban J connectivity index is 2.13. The van der Waals surface area contributed by atoms with E-state index in [1.54, 1.807) is 7.05 Å². The summed E-state index contributed by atoms with van der Waals surface area (Å²) in [6, 6.07) is 11.7. The lowest BCUT2D eigenvalue weighted by atomic mass is 10.1. The zero-order valence-electron chi connectivity index (χ0n) is 9.74. The first kappa shape index (κ1) is 10.5. The van der Waals surface area contributed by atoms with Gasteiger partial charge in [0.15, 0.2) is 0 Å². The van der Waals surface area contributed by atoms with Crippen LogP contribution in [0.15, 0.2) is 36.4 Å². The molecule has 0 bridgehead atoms. The lowest BCUT2D eigenvalue weighted by Gasteiger charge is -2.08. The van der Waals surface area contributed by atoms with Gasteiger partial charge in [-0.2, -0.15) is 4.68 Å². The second-order valence-corrected chi connectivity index (χ2v) is 3.89. The van der Waals surface area contributed by atoms with Gasteiger partial charge in [-0.3, -0.25) is 0 Å². The van der Waals surface area contributed by atoms with Crippen LogP contribution in [-0.2, 0) is 7.05 Å². The lowest BCUT2D eigenvalue weighted by Crippen LogP contribution is -1.97. The van der Waals surface area contributed by atoms with Crippen molar-refractivity contribution in [3.05, 3.63) is 36.4 Å². The van der Waals surface area contributed by atoms with Crippen molar-refractivity contribution in [3.63, 3.8) is 0 Å². The largest absolute Gasteiger partial charge is 0.423 e. The van der Waals surface area contributed by atoms with Crippen molar-refractivity contribution < 1.29 is 4.74 Å². The molecule has 0 unspecified atom stereocenters. The third-order valence-corrected chi connectivity index (χ3v) is 2.70. The van der Waals surface area contributed by atoms with Gasteiger partial charge in [-0.15, -0.1) is 0 Å². The minimum Gasteiger partial charge on any atom is -0.423 e. The first-order chi connectivity index (χ1) is 8.75.